The average molecular weight is 441 g/mol. The van der Waals surface area contributed by atoms with Gasteiger partial charge in [-0.05, 0) is 24.8 Å². The number of likely N-dealkylation sites (tertiary alicyclic amines) is 1. The molecule has 170 valence electrons. The number of benzene rings is 2. The highest BCUT2D eigenvalue weighted by molar-refractivity contribution is 5.99. The van der Waals surface area contributed by atoms with Crippen LogP contribution in [0.4, 0.5) is 5.69 Å². The fourth-order valence-electron chi connectivity index (χ4n) is 3.79. The van der Waals surface area contributed by atoms with Gasteiger partial charge in [0.25, 0.3) is 11.6 Å². The number of piperidine rings is 1. The molecule has 2 amide bonds. The maximum absolute atomic E-state index is 13.0. The first-order valence-corrected chi connectivity index (χ1v) is 10.5. The van der Waals surface area contributed by atoms with Crippen molar-refractivity contribution in [2.45, 2.75) is 31.7 Å². The van der Waals surface area contributed by atoms with Gasteiger partial charge in [-0.15, -0.1) is 0 Å². The molecule has 1 saturated heterocycles. The monoisotopic (exact) mass is 441 g/mol. The molecule has 1 aliphatic rings. The van der Waals surface area contributed by atoms with Crippen molar-refractivity contribution in [3.63, 3.8) is 0 Å². The van der Waals surface area contributed by atoms with Crippen LogP contribution in [0.25, 0.3) is 0 Å². The van der Waals surface area contributed by atoms with Crippen molar-refractivity contribution in [2.24, 2.45) is 0 Å². The Bertz CT molecular complexity index is 971. The van der Waals surface area contributed by atoms with E-state index >= 15 is 0 Å². The lowest BCUT2D eigenvalue weighted by Gasteiger charge is -2.32. The number of rotatable bonds is 8. The van der Waals surface area contributed by atoms with Gasteiger partial charge >= 0.3 is 0 Å². The van der Waals surface area contributed by atoms with Gasteiger partial charge in [0, 0.05) is 31.6 Å². The summed E-state index contributed by atoms with van der Waals surface area (Å²) < 4.78 is 10.3. The molecule has 0 radical (unpaired) electrons. The Morgan fingerprint density at radius 2 is 1.72 bits per heavy atom. The second kappa shape index (κ2) is 10.6. The number of nitrogens with zero attached hydrogens (tertiary/aromatic N) is 2. The van der Waals surface area contributed by atoms with E-state index in [1.807, 2.05) is 30.3 Å². The van der Waals surface area contributed by atoms with Crippen molar-refractivity contribution >= 4 is 17.5 Å². The summed E-state index contributed by atoms with van der Waals surface area (Å²) in [6.07, 6.45) is 2.25. The minimum absolute atomic E-state index is 0.0193. The topological polar surface area (TPSA) is 111 Å². The fourth-order valence-corrected chi connectivity index (χ4v) is 3.79. The van der Waals surface area contributed by atoms with E-state index < -0.39 is 10.8 Å². The zero-order chi connectivity index (χ0) is 23.1. The van der Waals surface area contributed by atoms with Gasteiger partial charge < -0.3 is 19.7 Å². The Kier molecular flexibility index (Phi) is 7.64. The molecular weight excluding hydrogens is 414 g/mol. The van der Waals surface area contributed by atoms with Gasteiger partial charge in [-0.25, -0.2) is 0 Å². The Hall–Kier alpha value is -3.62. The van der Waals surface area contributed by atoms with Crippen LogP contribution in [0.3, 0.4) is 0 Å². The van der Waals surface area contributed by atoms with Crippen LogP contribution in [-0.2, 0) is 11.2 Å². The number of hydrogen-bond donors (Lipinski definition) is 1. The number of aryl methyl sites for hydroxylation is 1. The molecule has 2 aromatic rings. The number of hydrogen-bond acceptors (Lipinski definition) is 6. The number of nitro benzene ring substituents is 1. The van der Waals surface area contributed by atoms with Crippen LogP contribution < -0.4 is 14.8 Å². The maximum atomic E-state index is 13.0. The van der Waals surface area contributed by atoms with E-state index in [2.05, 4.69) is 5.32 Å². The van der Waals surface area contributed by atoms with E-state index in [1.165, 1.54) is 26.4 Å². The average Bonchev–Trinajstić information content (AvgIpc) is 2.82. The number of ether oxygens (including phenoxy) is 2. The van der Waals surface area contributed by atoms with Gasteiger partial charge in [0.05, 0.1) is 25.2 Å². The summed E-state index contributed by atoms with van der Waals surface area (Å²) in [5.41, 5.74) is 0.738. The van der Waals surface area contributed by atoms with Gasteiger partial charge in [0.15, 0.2) is 11.5 Å². The summed E-state index contributed by atoms with van der Waals surface area (Å²) in [5.74, 6) is -0.0182. The number of nitrogens with one attached hydrogen (secondary N) is 1. The van der Waals surface area contributed by atoms with Crippen molar-refractivity contribution < 1.29 is 24.0 Å². The highest BCUT2D eigenvalue weighted by atomic mass is 16.6. The van der Waals surface area contributed by atoms with E-state index in [-0.39, 0.29) is 34.7 Å². The summed E-state index contributed by atoms with van der Waals surface area (Å²) >= 11 is 0. The van der Waals surface area contributed by atoms with Gasteiger partial charge in [-0.1, -0.05) is 30.3 Å². The van der Waals surface area contributed by atoms with Crippen molar-refractivity contribution in [3.05, 3.63) is 63.7 Å². The van der Waals surface area contributed by atoms with Crippen LogP contribution in [-0.4, -0.2) is 55.0 Å². The van der Waals surface area contributed by atoms with E-state index in [9.17, 15) is 19.7 Å². The first kappa shape index (κ1) is 23.1. The van der Waals surface area contributed by atoms with E-state index in [0.29, 0.717) is 38.8 Å². The summed E-state index contributed by atoms with van der Waals surface area (Å²) in [6.45, 7) is 0.794. The highest BCUT2D eigenvalue weighted by Gasteiger charge is 2.30. The molecule has 1 aliphatic heterocycles. The van der Waals surface area contributed by atoms with Crippen LogP contribution in [0.15, 0.2) is 42.5 Å². The number of methoxy groups -OCH3 is 2. The molecule has 9 heteroatoms. The largest absolute Gasteiger partial charge is 0.493 e. The molecule has 2 aromatic carbocycles. The van der Waals surface area contributed by atoms with E-state index in [4.69, 9.17) is 9.47 Å². The molecule has 3 rings (SSSR count). The van der Waals surface area contributed by atoms with Crippen molar-refractivity contribution in [1.29, 1.82) is 0 Å². The van der Waals surface area contributed by atoms with Gasteiger partial charge in [-0.2, -0.15) is 0 Å². The Morgan fingerprint density at radius 3 is 2.31 bits per heavy atom. The van der Waals surface area contributed by atoms with Crippen LogP contribution >= 0.6 is 0 Å². The Labute approximate surface area is 186 Å². The molecule has 32 heavy (non-hydrogen) atoms. The van der Waals surface area contributed by atoms with Gasteiger partial charge in [0.1, 0.15) is 5.56 Å². The highest BCUT2D eigenvalue weighted by Crippen LogP contribution is 2.35. The molecule has 1 fully saturated rings. The molecule has 0 atom stereocenters. The molecule has 1 heterocycles. The lowest BCUT2D eigenvalue weighted by Crippen LogP contribution is -2.46. The molecule has 0 unspecified atom stereocenters. The molecular formula is C23H27N3O6. The van der Waals surface area contributed by atoms with Crippen LogP contribution in [0.5, 0.6) is 11.5 Å². The fraction of sp³-hybridized carbons (Fsp3) is 0.391. The second-order valence-corrected chi connectivity index (χ2v) is 7.60. The van der Waals surface area contributed by atoms with Crippen LogP contribution in [0.2, 0.25) is 0 Å². The van der Waals surface area contributed by atoms with E-state index in [0.717, 1.165) is 5.56 Å². The number of carbonyl (C=O) groups is 2. The minimum Gasteiger partial charge on any atom is -0.493 e. The summed E-state index contributed by atoms with van der Waals surface area (Å²) in [4.78, 5) is 37.8. The summed E-state index contributed by atoms with van der Waals surface area (Å²) in [5, 5.41) is 14.5. The first-order chi connectivity index (χ1) is 15.4. The minimum atomic E-state index is -0.602. The standard InChI is InChI=1S/C23H27N3O6/c1-31-20-14-18(19(26(29)30)15-21(20)32-2)23(28)25-12-10-17(11-13-25)24-22(27)9-8-16-6-4-3-5-7-16/h3-7,14-15,17H,8-13H2,1-2H3,(H,24,27). The molecule has 0 saturated carbocycles. The predicted molar refractivity (Wildman–Crippen MR) is 118 cm³/mol. The zero-order valence-corrected chi connectivity index (χ0v) is 18.2. The third-order valence-corrected chi connectivity index (χ3v) is 5.56. The number of carbonyl (C=O) groups excluding carboxylic acids is 2. The van der Waals surface area contributed by atoms with Gasteiger partial charge in [-0.3, -0.25) is 19.7 Å². The molecule has 0 spiro atoms. The lowest BCUT2D eigenvalue weighted by molar-refractivity contribution is -0.385. The third kappa shape index (κ3) is 5.54. The maximum Gasteiger partial charge on any atom is 0.286 e. The predicted octanol–water partition coefficient (Wildman–Crippen LogP) is 2.97. The molecule has 0 bridgehead atoms. The first-order valence-electron chi connectivity index (χ1n) is 10.5. The van der Waals surface area contributed by atoms with Crippen molar-refractivity contribution in [1.82, 2.24) is 10.2 Å². The Balaban J connectivity index is 1.58. The van der Waals surface area contributed by atoms with Crippen molar-refractivity contribution in [3.8, 4) is 11.5 Å². The normalized spacial score (nSPS) is 14.0. The van der Waals surface area contributed by atoms with Gasteiger partial charge in [0.2, 0.25) is 5.91 Å². The number of amides is 2. The number of nitro groups is 1. The quantitative estimate of drug-likeness (QED) is 0.498. The molecule has 9 nitrogen and oxygen atoms in total. The van der Waals surface area contributed by atoms with Crippen LogP contribution in [0.1, 0.15) is 35.2 Å². The summed E-state index contributed by atoms with van der Waals surface area (Å²) in [6, 6.07) is 12.3. The third-order valence-electron chi connectivity index (χ3n) is 5.56. The summed E-state index contributed by atoms with van der Waals surface area (Å²) in [7, 11) is 2.78. The molecule has 0 aliphatic carbocycles. The SMILES string of the molecule is COc1cc(C(=O)N2CCC(NC(=O)CCc3ccccc3)CC2)c([N+](=O)[O-])cc1OC. The lowest BCUT2D eigenvalue weighted by atomic mass is 10.0. The van der Waals surface area contributed by atoms with Crippen LogP contribution in [0, 0.1) is 10.1 Å². The zero-order valence-electron chi connectivity index (χ0n) is 18.2. The second-order valence-electron chi connectivity index (χ2n) is 7.60. The smallest absolute Gasteiger partial charge is 0.286 e. The molecule has 1 N–H and O–H groups in total. The Morgan fingerprint density at radius 1 is 1.09 bits per heavy atom. The van der Waals surface area contributed by atoms with E-state index in [1.54, 1.807) is 4.90 Å². The van der Waals surface area contributed by atoms with Crippen molar-refractivity contribution in [2.75, 3.05) is 27.3 Å². The molecule has 0 aromatic heterocycles.